The Kier molecular flexibility index (Phi) is 9.00. The van der Waals surface area contributed by atoms with Crippen LogP contribution in [0.4, 0.5) is 0 Å². The first kappa shape index (κ1) is 24.0. The van der Waals surface area contributed by atoms with Gasteiger partial charge in [-0.1, -0.05) is 48.3 Å². The molecule has 0 radical (unpaired) electrons. The Morgan fingerprint density at radius 1 is 1.13 bits per heavy atom. The van der Waals surface area contributed by atoms with Crippen LogP contribution in [-0.2, 0) is 22.6 Å². The minimum absolute atomic E-state index is 0.0273. The number of rotatable bonds is 9. The first-order chi connectivity index (χ1) is 14.2. The molecule has 0 aliphatic carbocycles. The molecule has 0 aliphatic rings. The van der Waals surface area contributed by atoms with Crippen molar-refractivity contribution in [3.8, 4) is 5.75 Å². The third-order valence-electron chi connectivity index (χ3n) is 5.01. The number of benzene rings is 2. The molecule has 7 heteroatoms. The van der Waals surface area contributed by atoms with Crippen LogP contribution in [0.2, 0.25) is 10.0 Å². The van der Waals surface area contributed by atoms with Gasteiger partial charge in [-0.25, -0.2) is 0 Å². The zero-order chi connectivity index (χ0) is 22.3. The fourth-order valence-corrected chi connectivity index (χ4v) is 3.42. The van der Waals surface area contributed by atoms with Crippen LogP contribution in [0.15, 0.2) is 42.5 Å². The van der Waals surface area contributed by atoms with E-state index in [1.807, 2.05) is 38.1 Å². The lowest BCUT2D eigenvalue weighted by Gasteiger charge is -2.30. The largest absolute Gasteiger partial charge is 0.497 e. The molecule has 0 saturated heterocycles. The lowest BCUT2D eigenvalue weighted by molar-refractivity contribution is -0.140. The summed E-state index contributed by atoms with van der Waals surface area (Å²) in [7, 11) is 1.59. The standard InChI is InChI=1S/C23H28Cl2N2O3/c1-5-15(2)26-23(29)16(3)27(14-17-7-6-8-20(11-17)30-4)22(28)12-18-9-10-19(24)13-21(18)25/h6-11,13,15-16H,5,12,14H2,1-4H3,(H,26,29)/t15-,16-/m0/s1. The maximum atomic E-state index is 13.2. The van der Waals surface area contributed by atoms with E-state index in [0.29, 0.717) is 21.4 Å². The Hall–Kier alpha value is -2.24. The number of nitrogens with zero attached hydrogens (tertiary/aromatic N) is 1. The maximum absolute atomic E-state index is 13.2. The van der Waals surface area contributed by atoms with Crippen molar-refractivity contribution in [1.29, 1.82) is 0 Å². The third kappa shape index (κ3) is 6.64. The smallest absolute Gasteiger partial charge is 0.242 e. The van der Waals surface area contributed by atoms with Gasteiger partial charge in [-0.3, -0.25) is 9.59 Å². The SMILES string of the molecule is CC[C@H](C)NC(=O)[C@H](C)N(Cc1cccc(OC)c1)C(=O)Cc1ccc(Cl)cc1Cl. The number of hydrogen-bond acceptors (Lipinski definition) is 3. The second-order valence-electron chi connectivity index (χ2n) is 7.28. The van der Waals surface area contributed by atoms with Gasteiger partial charge in [0.15, 0.2) is 0 Å². The zero-order valence-electron chi connectivity index (χ0n) is 17.7. The summed E-state index contributed by atoms with van der Waals surface area (Å²) in [5.74, 6) is 0.300. The van der Waals surface area contributed by atoms with Crippen LogP contribution in [0.25, 0.3) is 0 Å². The average molecular weight is 451 g/mol. The summed E-state index contributed by atoms with van der Waals surface area (Å²) in [4.78, 5) is 27.6. The predicted molar refractivity (Wildman–Crippen MR) is 121 cm³/mol. The number of carbonyl (C=O) groups is 2. The molecule has 2 rings (SSSR count). The summed E-state index contributed by atoms with van der Waals surface area (Å²) in [5.41, 5.74) is 1.53. The molecule has 0 spiro atoms. The molecule has 162 valence electrons. The number of hydrogen-bond donors (Lipinski definition) is 1. The number of methoxy groups -OCH3 is 1. The molecule has 2 atom stereocenters. The van der Waals surface area contributed by atoms with Crippen LogP contribution in [0, 0.1) is 0 Å². The van der Waals surface area contributed by atoms with Gasteiger partial charge in [0.05, 0.1) is 13.5 Å². The Morgan fingerprint density at radius 3 is 2.50 bits per heavy atom. The molecule has 2 aromatic carbocycles. The van der Waals surface area contributed by atoms with E-state index in [0.717, 1.165) is 12.0 Å². The highest BCUT2D eigenvalue weighted by Gasteiger charge is 2.27. The maximum Gasteiger partial charge on any atom is 0.242 e. The second kappa shape index (κ2) is 11.2. The van der Waals surface area contributed by atoms with Crippen molar-refractivity contribution in [2.45, 2.75) is 52.2 Å². The molecule has 0 saturated carbocycles. The second-order valence-corrected chi connectivity index (χ2v) is 8.12. The van der Waals surface area contributed by atoms with Crippen LogP contribution in [-0.4, -0.2) is 35.9 Å². The van der Waals surface area contributed by atoms with Crippen molar-refractivity contribution in [3.05, 3.63) is 63.6 Å². The molecule has 0 unspecified atom stereocenters. The van der Waals surface area contributed by atoms with Crippen LogP contribution < -0.4 is 10.1 Å². The summed E-state index contributed by atoms with van der Waals surface area (Å²) in [6.07, 6.45) is 0.879. The molecule has 0 aromatic heterocycles. The molecule has 30 heavy (non-hydrogen) atoms. The lowest BCUT2D eigenvalue weighted by atomic mass is 10.1. The predicted octanol–water partition coefficient (Wildman–Crippen LogP) is 4.88. The Morgan fingerprint density at radius 2 is 1.87 bits per heavy atom. The average Bonchev–Trinajstić information content (AvgIpc) is 2.73. The van der Waals surface area contributed by atoms with Gasteiger partial charge in [0.1, 0.15) is 11.8 Å². The number of nitrogens with one attached hydrogen (secondary N) is 1. The van der Waals surface area contributed by atoms with Crippen molar-refractivity contribution >= 4 is 35.0 Å². The van der Waals surface area contributed by atoms with Gasteiger partial charge in [-0.15, -0.1) is 0 Å². The topological polar surface area (TPSA) is 58.6 Å². The van der Waals surface area contributed by atoms with Crippen molar-refractivity contribution in [2.75, 3.05) is 7.11 Å². The number of amides is 2. The highest BCUT2D eigenvalue weighted by atomic mass is 35.5. The highest BCUT2D eigenvalue weighted by molar-refractivity contribution is 6.35. The van der Waals surface area contributed by atoms with E-state index >= 15 is 0 Å². The van der Waals surface area contributed by atoms with Crippen molar-refractivity contribution < 1.29 is 14.3 Å². The summed E-state index contributed by atoms with van der Waals surface area (Å²) in [5, 5.41) is 3.88. The summed E-state index contributed by atoms with van der Waals surface area (Å²) < 4.78 is 5.28. The molecule has 0 heterocycles. The van der Waals surface area contributed by atoms with Crippen LogP contribution in [0.1, 0.15) is 38.3 Å². The Labute approximate surface area is 188 Å². The highest BCUT2D eigenvalue weighted by Crippen LogP contribution is 2.23. The molecular weight excluding hydrogens is 423 g/mol. The molecule has 2 amide bonds. The van der Waals surface area contributed by atoms with Gasteiger partial charge < -0.3 is 15.0 Å². The van der Waals surface area contributed by atoms with Crippen molar-refractivity contribution in [1.82, 2.24) is 10.2 Å². The van der Waals surface area contributed by atoms with E-state index in [2.05, 4.69) is 5.32 Å². The molecule has 0 bridgehead atoms. The van der Waals surface area contributed by atoms with Gasteiger partial charge in [0, 0.05) is 22.6 Å². The third-order valence-corrected chi connectivity index (χ3v) is 5.60. The van der Waals surface area contributed by atoms with Crippen LogP contribution >= 0.6 is 23.2 Å². The van der Waals surface area contributed by atoms with E-state index in [1.54, 1.807) is 37.1 Å². The van der Waals surface area contributed by atoms with E-state index in [9.17, 15) is 9.59 Å². The van der Waals surface area contributed by atoms with E-state index in [-0.39, 0.29) is 30.8 Å². The number of ether oxygens (including phenoxy) is 1. The summed E-state index contributed by atoms with van der Waals surface area (Å²) in [6.45, 7) is 5.94. The molecule has 5 nitrogen and oxygen atoms in total. The number of halogens is 2. The number of carbonyl (C=O) groups excluding carboxylic acids is 2. The van der Waals surface area contributed by atoms with Gasteiger partial charge in [0.2, 0.25) is 11.8 Å². The molecular formula is C23H28Cl2N2O3. The molecule has 0 aliphatic heterocycles. The zero-order valence-corrected chi connectivity index (χ0v) is 19.3. The van der Waals surface area contributed by atoms with Crippen molar-refractivity contribution in [2.24, 2.45) is 0 Å². The summed E-state index contributed by atoms with van der Waals surface area (Å²) >= 11 is 12.2. The fraction of sp³-hybridized carbons (Fsp3) is 0.391. The first-order valence-electron chi connectivity index (χ1n) is 9.91. The van der Waals surface area contributed by atoms with E-state index in [1.165, 1.54) is 0 Å². The van der Waals surface area contributed by atoms with Crippen LogP contribution in [0.3, 0.4) is 0 Å². The first-order valence-corrected chi connectivity index (χ1v) is 10.7. The minimum Gasteiger partial charge on any atom is -0.497 e. The molecule has 2 aromatic rings. The fourth-order valence-electron chi connectivity index (χ4n) is 2.95. The van der Waals surface area contributed by atoms with Crippen LogP contribution in [0.5, 0.6) is 5.75 Å². The molecule has 0 fully saturated rings. The Bertz CT molecular complexity index is 889. The quantitative estimate of drug-likeness (QED) is 0.592. The Balaban J connectivity index is 2.28. The van der Waals surface area contributed by atoms with E-state index in [4.69, 9.17) is 27.9 Å². The van der Waals surface area contributed by atoms with Gasteiger partial charge in [-0.05, 0) is 55.7 Å². The lowest BCUT2D eigenvalue weighted by Crippen LogP contribution is -2.49. The monoisotopic (exact) mass is 450 g/mol. The van der Waals surface area contributed by atoms with Gasteiger partial charge in [0.25, 0.3) is 0 Å². The van der Waals surface area contributed by atoms with Gasteiger partial charge >= 0.3 is 0 Å². The van der Waals surface area contributed by atoms with Gasteiger partial charge in [-0.2, -0.15) is 0 Å². The molecule has 1 N–H and O–H groups in total. The normalized spacial score (nSPS) is 12.7. The van der Waals surface area contributed by atoms with E-state index < -0.39 is 6.04 Å². The van der Waals surface area contributed by atoms with Crippen molar-refractivity contribution in [3.63, 3.8) is 0 Å². The minimum atomic E-state index is -0.649. The summed E-state index contributed by atoms with van der Waals surface area (Å²) in [6, 6.07) is 11.9.